The van der Waals surface area contributed by atoms with Gasteiger partial charge in [0.15, 0.2) is 5.78 Å². The summed E-state index contributed by atoms with van der Waals surface area (Å²) in [6.07, 6.45) is 4.46. The third-order valence-corrected chi connectivity index (χ3v) is 3.95. The number of Topliss-reactive ketones (excluding diaryl/α,β-unsaturated/α-hetero) is 1. The van der Waals surface area contributed by atoms with Gasteiger partial charge in [-0.05, 0) is 25.0 Å². The zero-order valence-electron chi connectivity index (χ0n) is 15.1. The summed E-state index contributed by atoms with van der Waals surface area (Å²) in [5.41, 5.74) is 1.74. The van der Waals surface area contributed by atoms with Gasteiger partial charge in [-0.25, -0.2) is 0 Å². The molecule has 0 aromatic heterocycles. The van der Waals surface area contributed by atoms with Gasteiger partial charge in [-0.3, -0.25) is 4.79 Å². The summed E-state index contributed by atoms with van der Waals surface area (Å²) in [6, 6.07) is 5.98. The second-order valence-electron chi connectivity index (χ2n) is 6.76. The zero-order chi connectivity index (χ0) is 17.6. The summed E-state index contributed by atoms with van der Waals surface area (Å²) < 4.78 is 5.36. The fourth-order valence-corrected chi connectivity index (χ4v) is 2.23. The molecule has 1 rings (SSSR count). The molecule has 1 atom stereocenters. The number of hydrogen-bond donors (Lipinski definition) is 0. The first-order chi connectivity index (χ1) is 10.7. The van der Waals surface area contributed by atoms with Gasteiger partial charge in [0.2, 0.25) is 0 Å². The van der Waals surface area contributed by atoms with Crippen LogP contribution in [0.5, 0.6) is 5.75 Å². The lowest BCUT2D eigenvalue weighted by atomic mass is 9.90. The Labute approximate surface area is 140 Å². The molecule has 0 spiro atoms. The van der Waals surface area contributed by atoms with Gasteiger partial charge in [0, 0.05) is 23.2 Å². The molecule has 0 amide bonds. The van der Waals surface area contributed by atoms with Crippen molar-refractivity contribution in [2.45, 2.75) is 40.2 Å². The predicted molar refractivity (Wildman–Crippen MR) is 98.4 cm³/mol. The Balaban J connectivity index is 3.32. The van der Waals surface area contributed by atoms with E-state index >= 15 is 0 Å². The molecule has 3 heteroatoms. The van der Waals surface area contributed by atoms with Crippen LogP contribution in [0.3, 0.4) is 0 Å². The minimum atomic E-state index is -0.378. The lowest BCUT2D eigenvalue weighted by Crippen LogP contribution is -2.40. The summed E-state index contributed by atoms with van der Waals surface area (Å²) >= 11 is 0. The van der Waals surface area contributed by atoms with E-state index in [1.807, 2.05) is 58.0 Å². The van der Waals surface area contributed by atoms with Crippen LogP contribution in [-0.4, -0.2) is 25.5 Å². The van der Waals surface area contributed by atoms with E-state index in [9.17, 15) is 4.79 Å². The van der Waals surface area contributed by atoms with E-state index in [-0.39, 0.29) is 17.2 Å². The van der Waals surface area contributed by atoms with Crippen LogP contribution in [0.4, 0.5) is 5.69 Å². The fraction of sp³-hybridized carbons (Fsp3) is 0.450. The lowest BCUT2D eigenvalue weighted by molar-refractivity contribution is -0.124. The molecule has 0 aliphatic carbocycles. The molecular weight excluding hydrogens is 286 g/mol. The van der Waals surface area contributed by atoms with Crippen LogP contribution in [0.1, 0.15) is 33.3 Å². The highest BCUT2D eigenvalue weighted by Crippen LogP contribution is 2.30. The largest absolute Gasteiger partial charge is 0.497 e. The average molecular weight is 315 g/mol. The maximum Gasteiger partial charge on any atom is 0.157 e. The quantitative estimate of drug-likeness (QED) is 0.665. The Morgan fingerprint density at radius 1 is 1.35 bits per heavy atom. The molecule has 0 aliphatic rings. The van der Waals surface area contributed by atoms with Crippen LogP contribution in [0.15, 0.2) is 43.5 Å². The summed E-state index contributed by atoms with van der Waals surface area (Å²) in [5.74, 6) is 0.968. The van der Waals surface area contributed by atoms with Gasteiger partial charge in [0.25, 0.3) is 0 Å². The summed E-state index contributed by atoms with van der Waals surface area (Å²) in [4.78, 5) is 14.7. The number of rotatable bonds is 8. The van der Waals surface area contributed by atoms with E-state index in [0.717, 1.165) is 23.4 Å². The molecule has 126 valence electrons. The molecule has 1 aromatic rings. The Morgan fingerprint density at radius 2 is 2.00 bits per heavy atom. The van der Waals surface area contributed by atoms with Gasteiger partial charge in [0.1, 0.15) is 5.75 Å². The number of carbonyl (C=O) groups excluding carboxylic acids is 1. The van der Waals surface area contributed by atoms with Crippen LogP contribution >= 0.6 is 0 Å². The first-order valence-corrected chi connectivity index (χ1v) is 7.95. The number of methoxy groups -OCH3 is 1. The van der Waals surface area contributed by atoms with E-state index in [1.165, 1.54) is 0 Å². The zero-order valence-corrected chi connectivity index (χ0v) is 15.1. The number of ether oxygens (including phenoxy) is 1. The second kappa shape index (κ2) is 8.00. The van der Waals surface area contributed by atoms with E-state index in [1.54, 1.807) is 7.11 Å². The summed E-state index contributed by atoms with van der Waals surface area (Å²) in [7, 11) is 1.65. The summed E-state index contributed by atoms with van der Waals surface area (Å²) in [5, 5.41) is 0. The van der Waals surface area contributed by atoms with Crippen molar-refractivity contribution in [1.29, 1.82) is 0 Å². The number of allylic oxidation sites excluding steroid dienone is 1. The highest BCUT2D eigenvalue weighted by Gasteiger charge is 2.26. The fourth-order valence-electron chi connectivity index (χ4n) is 2.23. The van der Waals surface area contributed by atoms with Gasteiger partial charge in [0.05, 0.1) is 13.7 Å². The van der Waals surface area contributed by atoms with Gasteiger partial charge >= 0.3 is 0 Å². The van der Waals surface area contributed by atoms with Crippen molar-refractivity contribution >= 4 is 11.5 Å². The van der Waals surface area contributed by atoms with Crippen molar-refractivity contribution in [3.05, 3.63) is 49.1 Å². The van der Waals surface area contributed by atoms with Crippen LogP contribution < -0.4 is 9.64 Å². The molecule has 0 fully saturated rings. The molecule has 23 heavy (non-hydrogen) atoms. The number of carbonyl (C=O) groups is 1. The Bertz CT molecular complexity index is 569. The monoisotopic (exact) mass is 315 g/mol. The normalized spacial score (nSPS) is 12.4. The van der Waals surface area contributed by atoms with Gasteiger partial charge in [-0.15, -0.1) is 13.2 Å². The second-order valence-corrected chi connectivity index (χ2v) is 6.76. The number of hydrogen-bond acceptors (Lipinski definition) is 3. The molecule has 0 N–H and O–H groups in total. The van der Waals surface area contributed by atoms with Crippen LogP contribution in [0.25, 0.3) is 0 Å². The minimum Gasteiger partial charge on any atom is -0.497 e. The van der Waals surface area contributed by atoms with Crippen LogP contribution in [-0.2, 0) is 11.2 Å². The predicted octanol–water partition coefficient (Wildman–Crippen LogP) is 4.42. The molecule has 0 heterocycles. The number of nitrogens with zero attached hydrogens (tertiary/aromatic N) is 1. The minimum absolute atomic E-state index is 0.0389. The van der Waals surface area contributed by atoms with E-state index in [4.69, 9.17) is 4.74 Å². The Morgan fingerprint density at radius 3 is 2.48 bits per heavy atom. The van der Waals surface area contributed by atoms with Crippen molar-refractivity contribution in [1.82, 2.24) is 0 Å². The molecule has 0 bridgehead atoms. The van der Waals surface area contributed by atoms with E-state index in [2.05, 4.69) is 18.1 Å². The number of ketones is 1. The van der Waals surface area contributed by atoms with Crippen LogP contribution in [0.2, 0.25) is 0 Å². The Kier molecular flexibility index (Phi) is 6.62. The summed E-state index contributed by atoms with van der Waals surface area (Å²) in [6.45, 7) is 15.9. The molecule has 0 saturated heterocycles. The van der Waals surface area contributed by atoms with Gasteiger partial charge < -0.3 is 9.64 Å². The van der Waals surface area contributed by atoms with Gasteiger partial charge in [-0.1, -0.05) is 39.0 Å². The third kappa shape index (κ3) is 4.98. The molecular formula is C20H29NO2. The van der Waals surface area contributed by atoms with E-state index in [0.29, 0.717) is 6.54 Å². The topological polar surface area (TPSA) is 29.5 Å². The molecule has 0 saturated carbocycles. The lowest BCUT2D eigenvalue weighted by Gasteiger charge is -2.33. The standard InChI is InChI=1S/C20H29NO2/c1-8-10-16-11-12-17(23-7)13-18(16)21(15(3)9-2)14-19(22)20(4,5)6/h8-9,11-13,15H,1-2,10,14H2,3-7H3. The number of anilines is 1. The van der Waals surface area contributed by atoms with Crippen molar-refractivity contribution < 1.29 is 9.53 Å². The van der Waals surface area contributed by atoms with Crippen molar-refractivity contribution in [2.24, 2.45) is 5.41 Å². The molecule has 1 aromatic carbocycles. The molecule has 3 nitrogen and oxygen atoms in total. The molecule has 0 radical (unpaired) electrons. The third-order valence-electron chi connectivity index (χ3n) is 3.95. The van der Waals surface area contributed by atoms with E-state index < -0.39 is 0 Å². The highest BCUT2D eigenvalue weighted by molar-refractivity contribution is 5.88. The smallest absolute Gasteiger partial charge is 0.157 e. The molecule has 1 unspecified atom stereocenters. The van der Waals surface area contributed by atoms with Crippen molar-refractivity contribution in [2.75, 3.05) is 18.6 Å². The van der Waals surface area contributed by atoms with Gasteiger partial charge in [-0.2, -0.15) is 0 Å². The Hall–Kier alpha value is -2.03. The average Bonchev–Trinajstić information content (AvgIpc) is 2.51. The number of benzene rings is 1. The first kappa shape index (κ1) is 19.0. The van der Waals surface area contributed by atoms with Crippen molar-refractivity contribution in [3.8, 4) is 5.75 Å². The SMILES string of the molecule is C=CCc1ccc(OC)cc1N(CC(=O)C(C)(C)C)C(C)C=C. The maximum absolute atomic E-state index is 12.6. The highest BCUT2D eigenvalue weighted by atomic mass is 16.5. The molecule has 0 aliphatic heterocycles. The maximum atomic E-state index is 12.6. The van der Waals surface area contributed by atoms with Crippen LogP contribution in [0, 0.1) is 5.41 Å². The van der Waals surface area contributed by atoms with Crippen molar-refractivity contribution in [3.63, 3.8) is 0 Å². The first-order valence-electron chi connectivity index (χ1n) is 7.95.